The van der Waals surface area contributed by atoms with Gasteiger partial charge in [-0.25, -0.2) is 14.6 Å². The van der Waals surface area contributed by atoms with E-state index in [1.165, 1.54) is 28.4 Å². The molecule has 2 aliphatic heterocycles. The van der Waals surface area contributed by atoms with Crippen LogP contribution >= 0.6 is 0 Å². The Morgan fingerprint density at radius 2 is 1.37 bits per heavy atom. The highest BCUT2D eigenvalue weighted by Crippen LogP contribution is 2.51. The van der Waals surface area contributed by atoms with Gasteiger partial charge in [-0.2, -0.15) is 0 Å². The fraction of sp³-hybridized carbons (Fsp3) is 0.522. The molecule has 62 heavy (non-hydrogen) atoms. The van der Waals surface area contributed by atoms with E-state index in [2.05, 4.69) is 69.0 Å². The SMILES string of the molecule is C=N/C=C(\N[C@@H]1C[C@@H]2CCCC2N1C(=O)C(NC(=O)OC)C(C)OC)c1ccc2c(c1)-c1ccc(-c3cnc([C@@H]4CC5CCCC5N4C(=O)C(NC(=O)OC)C(C)OC)[nH]3)cc1-2. The van der Waals surface area contributed by atoms with E-state index in [1.54, 1.807) is 20.0 Å². The molecule has 4 N–H and O–H groups in total. The summed E-state index contributed by atoms with van der Waals surface area (Å²) in [5, 5.41) is 9.07. The van der Waals surface area contributed by atoms with Gasteiger partial charge in [0.25, 0.3) is 0 Å². The molecule has 4 fully saturated rings. The Morgan fingerprint density at radius 1 is 0.790 bits per heavy atom. The summed E-state index contributed by atoms with van der Waals surface area (Å²) in [5.74, 6) is 0.984. The van der Waals surface area contributed by atoms with Gasteiger partial charge in [-0.3, -0.25) is 14.6 Å². The number of imidazole rings is 1. The Bertz CT molecular complexity index is 2240. The normalized spacial score (nSPS) is 25.3. The summed E-state index contributed by atoms with van der Waals surface area (Å²) in [6, 6.07) is 10.7. The smallest absolute Gasteiger partial charge is 0.407 e. The fourth-order valence-electron chi connectivity index (χ4n) is 10.7. The zero-order valence-electron chi connectivity index (χ0n) is 36.3. The van der Waals surface area contributed by atoms with E-state index in [0.29, 0.717) is 11.8 Å². The van der Waals surface area contributed by atoms with Crippen LogP contribution in [0.2, 0.25) is 0 Å². The second-order valence-corrected chi connectivity index (χ2v) is 17.2. The largest absolute Gasteiger partial charge is 0.453 e. The average molecular weight is 851 g/mol. The number of aromatic amines is 1. The van der Waals surface area contributed by atoms with Crippen LogP contribution < -0.4 is 16.0 Å². The molecular formula is C46H58N8O8. The monoisotopic (exact) mass is 850 g/mol. The number of fused-ring (bicyclic) bond motifs is 6. The van der Waals surface area contributed by atoms with Crippen LogP contribution in [0.5, 0.6) is 0 Å². The molecule has 3 heterocycles. The van der Waals surface area contributed by atoms with E-state index in [1.807, 2.05) is 16.0 Å². The van der Waals surface area contributed by atoms with Crippen molar-refractivity contribution in [2.75, 3.05) is 28.4 Å². The second kappa shape index (κ2) is 17.9. The molecule has 16 heteroatoms. The van der Waals surface area contributed by atoms with Crippen LogP contribution in [0.3, 0.4) is 0 Å². The highest BCUT2D eigenvalue weighted by molar-refractivity contribution is 6.04. The Labute approximate surface area is 362 Å². The number of H-pyrrole nitrogens is 1. The van der Waals surface area contributed by atoms with Crippen molar-refractivity contribution in [3.63, 3.8) is 0 Å². The minimum Gasteiger partial charge on any atom is -0.453 e. The first-order valence-corrected chi connectivity index (χ1v) is 21.7. The quantitative estimate of drug-likeness (QED) is 0.110. The molecule has 2 saturated heterocycles. The Hall–Kier alpha value is -5.74. The lowest BCUT2D eigenvalue weighted by Crippen LogP contribution is -2.58. The van der Waals surface area contributed by atoms with E-state index in [4.69, 9.17) is 23.9 Å². The number of nitrogens with zero attached hydrogens (tertiary/aromatic N) is 4. The van der Waals surface area contributed by atoms with Crippen LogP contribution in [0.15, 0.2) is 53.8 Å². The number of rotatable bonds is 14. The van der Waals surface area contributed by atoms with Gasteiger partial charge in [0.05, 0.1) is 50.1 Å². The molecule has 3 aliphatic carbocycles. The molecule has 8 rings (SSSR count). The number of carbonyl (C=O) groups is 4. The zero-order chi connectivity index (χ0) is 43.8. The third-order valence-corrected chi connectivity index (χ3v) is 14.0. The topological polar surface area (TPSA) is 189 Å². The lowest BCUT2D eigenvalue weighted by molar-refractivity contribution is -0.140. The van der Waals surface area contributed by atoms with E-state index in [-0.39, 0.29) is 36.1 Å². The molecule has 0 radical (unpaired) electrons. The number of hydrogen-bond donors (Lipinski definition) is 4. The molecule has 10 atom stereocenters. The molecule has 3 aromatic rings. The number of amides is 4. The second-order valence-electron chi connectivity index (χ2n) is 17.2. The number of carbonyl (C=O) groups excluding carboxylic acids is 4. The Balaban J connectivity index is 1.01. The highest BCUT2D eigenvalue weighted by atomic mass is 16.5. The van der Waals surface area contributed by atoms with Crippen molar-refractivity contribution in [2.45, 2.75) is 114 Å². The zero-order valence-corrected chi connectivity index (χ0v) is 36.3. The van der Waals surface area contributed by atoms with Crippen molar-refractivity contribution in [3.05, 3.63) is 60.2 Å². The van der Waals surface area contributed by atoms with Crippen molar-refractivity contribution < 1.29 is 38.1 Å². The standard InChI is InChI=1S/C46H58N8O8/c1-24(59-4)40(51-45(57)61-6)43(55)53-36-12-8-10-28(36)20-38(53)42-48-23-35(50-42)27-15-17-31-32-18-26(14-16-30(32)33(31)19-27)34(22-47-3)49-39-21-29-11-9-13-37(29)54(39)44(56)41(25(2)60-5)52-46(58)62-7/h14-19,22-25,28-29,36-41,49H,3,8-13,20-21H2,1-2,4-7H3,(H,48,50)(H,51,57)(H,52,58)/b34-22-/t24?,25?,28?,29-,36?,37?,38-,39-,40?,41?/m0/s1. The molecule has 4 amide bonds. The molecule has 7 unspecified atom stereocenters. The van der Waals surface area contributed by atoms with Gasteiger partial charge >= 0.3 is 12.2 Å². The van der Waals surface area contributed by atoms with Gasteiger partial charge in [0.15, 0.2) is 0 Å². The summed E-state index contributed by atoms with van der Waals surface area (Å²) in [7, 11) is 5.59. The number of nitrogens with one attached hydrogen (secondary N) is 4. The molecule has 2 aromatic carbocycles. The van der Waals surface area contributed by atoms with E-state index in [9.17, 15) is 19.2 Å². The van der Waals surface area contributed by atoms with Crippen molar-refractivity contribution in [1.29, 1.82) is 0 Å². The highest BCUT2D eigenvalue weighted by Gasteiger charge is 2.51. The van der Waals surface area contributed by atoms with Crippen molar-refractivity contribution in [3.8, 4) is 33.5 Å². The van der Waals surface area contributed by atoms with E-state index < -0.39 is 36.5 Å². The minimum absolute atomic E-state index is 0.0412. The van der Waals surface area contributed by atoms with Crippen LogP contribution in [0.25, 0.3) is 39.2 Å². The number of aromatic nitrogens is 2. The molecular weight excluding hydrogens is 793 g/mol. The lowest BCUT2D eigenvalue weighted by atomic mass is 9.78. The average Bonchev–Trinajstić information content (AvgIpc) is 4.13. The number of methoxy groups -OCH3 is 4. The number of hydrogen-bond acceptors (Lipinski definition) is 11. The summed E-state index contributed by atoms with van der Waals surface area (Å²) in [6.07, 6.45) is 8.18. The van der Waals surface area contributed by atoms with Crippen LogP contribution in [-0.4, -0.2) is 121 Å². The summed E-state index contributed by atoms with van der Waals surface area (Å²) >= 11 is 0. The van der Waals surface area contributed by atoms with Gasteiger partial charge in [-0.05, 0) is 111 Å². The first-order chi connectivity index (χ1) is 30.0. The Morgan fingerprint density at radius 3 is 1.98 bits per heavy atom. The number of aliphatic imine (C=N–C) groups is 1. The molecule has 330 valence electrons. The summed E-state index contributed by atoms with van der Waals surface area (Å²) in [5.41, 5.74) is 7.93. The maximum Gasteiger partial charge on any atom is 0.407 e. The van der Waals surface area contributed by atoms with Crippen LogP contribution in [0, 0.1) is 11.8 Å². The third kappa shape index (κ3) is 7.82. The minimum atomic E-state index is -0.923. The van der Waals surface area contributed by atoms with Gasteiger partial charge in [-0.15, -0.1) is 0 Å². The fourth-order valence-corrected chi connectivity index (χ4v) is 10.7. The van der Waals surface area contributed by atoms with Crippen molar-refractivity contribution in [2.24, 2.45) is 16.8 Å². The number of benzene rings is 2. The first kappa shape index (κ1) is 42.9. The van der Waals surface area contributed by atoms with Gasteiger partial charge in [0.1, 0.15) is 24.1 Å². The lowest BCUT2D eigenvalue weighted by Gasteiger charge is -2.36. The van der Waals surface area contributed by atoms with Crippen molar-refractivity contribution >= 4 is 36.4 Å². The maximum atomic E-state index is 14.3. The predicted molar refractivity (Wildman–Crippen MR) is 232 cm³/mol. The molecule has 2 saturated carbocycles. The number of likely N-dealkylation sites (tertiary alicyclic amines) is 2. The third-order valence-electron chi connectivity index (χ3n) is 14.0. The van der Waals surface area contributed by atoms with Gasteiger partial charge < -0.3 is 49.7 Å². The van der Waals surface area contributed by atoms with Gasteiger partial charge in [0, 0.05) is 38.1 Å². The first-order valence-electron chi connectivity index (χ1n) is 21.7. The Kier molecular flexibility index (Phi) is 12.4. The molecule has 1 aromatic heterocycles. The van der Waals surface area contributed by atoms with Gasteiger partial charge in [0.2, 0.25) is 11.8 Å². The molecule has 0 spiro atoms. The number of alkyl carbamates (subject to hydrolysis) is 2. The van der Waals surface area contributed by atoms with E-state index >= 15 is 0 Å². The number of ether oxygens (including phenoxy) is 4. The molecule has 16 nitrogen and oxygen atoms in total. The van der Waals surface area contributed by atoms with Crippen LogP contribution in [-0.2, 0) is 28.5 Å². The van der Waals surface area contributed by atoms with Gasteiger partial charge in [-0.1, -0.05) is 37.1 Å². The molecule has 5 aliphatic rings. The predicted octanol–water partition coefficient (Wildman–Crippen LogP) is 6.00. The summed E-state index contributed by atoms with van der Waals surface area (Å²) in [4.78, 5) is 69.5. The summed E-state index contributed by atoms with van der Waals surface area (Å²) < 4.78 is 20.8. The maximum absolute atomic E-state index is 14.3. The van der Waals surface area contributed by atoms with Crippen molar-refractivity contribution in [1.82, 2.24) is 35.7 Å². The molecule has 0 bridgehead atoms. The summed E-state index contributed by atoms with van der Waals surface area (Å²) in [6.45, 7) is 7.28. The van der Waals surface area contributed by atoms with Crippen LogP contribution in [0.4, 0.5) is 9.59 Å². The van der Waals surface area contributed by atoms with Crippen LogP contribution in [0.1, 0.15) is 82.6 Å². The van der Waals surface area contributed by atoms with E-state index in [0.717, 1.165) is 102 Å².